The van der Waals surface area contributed by atoms with Crippen LogP contribution in [0.2, 0.25) is 0 Å². The zero-order valence-corrected chi connectivity index (χ0v) is 7.48. The van der Waals surface area contributed by atoms with Gasteiger partial charge in [0.2, 0.25) is 0 Å². The zero-order valence-electron chi connectivity index (χ0n) is 4.64. The molecule has 0 aliphatic heterocycles. The van der Waals surface area contributed by atoms with Crippen LogP contribution < -0.4 is 0 Å². The monoisotopic (exact) mass is 224 g/mol. The number of hydrogen-bond donors (Lipinski definition) is 3. The molecule has 0 amide bonds. The Morgan fingerprint density at radius 2 is 0.700 bits per heavy atom. The van der Waals surface area contributed by atoms with E-state index in [0.29, 0.717) is 19.4 Å². The van der Waals surface area contributed by atoms with E-state index in [0.717, 1.165) is 0 Å². The summed E-state index contributed by atoms with van der Waals surface area (Å²) < 4.78 is 0. The van der Waals surface area contributed by atoms with Crippen LogP contribution in [-0.2, 0) is 47.1 Å². The predicted octanol–water partition coefficient (Wildman–Crippen LogP) is -1.17. The summed E-state index contributed by atoms with van der Waals surface area (Å²) in [4.78, 5) is 24.7. The van der Waals surface area contributed by atoms with Gasteiger partial charge in [0, 0.05) is 0 Å². The molecular formula is C3H3O6Y. The third kappa shape index (κ3) is 1350. The van der Waals surface area contributed by atoms with Crippen molar-refractivity contribution in [2.75, 3.05) is 0 Å². The zero-order chi connectivity index (χ0) is 8.12. The van der Waals surface area contributed by atoms with Crippen molar-refractivity contribution < 1.29 is 62.4 Å². The average Bonchev–Trinajstić information content (AvgIpc) is 1.70. The van der Waals surface area contributed by atoms with Crippen molar-refractivity contribution >= 4 is 19.4 Å². The Balaban J connectivity index is -0.0000000257. The summed E-state index contributed by atoms with van der Waals surface area (Å²) in [6.45, 7) is 1.50. The van der Waals surface area contributed by atoms with Crippen LogP contribution in [0.3, 0.4) is 0 Å². The maximum Gasteiger partial charge on any atom is 3.00 e. The van der Waals surface area contributed by atoms with Crippen molar-refractivity contribution in [2.45, 2.75) is 0 Å². The molecular weight excluding hydrogens is 221 g/mol. The van der Waals surface area contributed by atoms with Crippen molar-refractivity contribution in [1.29, 1.82) is 0 Å². The average molecular weight is 224 g/mol. The first-order chi connectivity index (χ1) is 4.24. The molecule has 0 fully saturated rings. The Bertz CT molecular complexity index is 49.7. The van der Waals surface area contributed by atoms with E-state index in [-0.39, 0.29) is 32.7 Å². The molecule has 6 nitrogen and oxygen atoms in total. The largest absolute Gasteiger partial charge is 3.00 e. The van der Waals surface area contributed by atoms with E-state index < -0.39 is 0 Å². The van der Waals surface area contributed by atoms with Gasteiger partial charge in [-0.05, 0) is 0 Å². The van der Waals surface area contributed by atoms with Gasteiger partial charge in [-0.25, -0.2) is 0 Å². The molecule has 0 aliphatic rings. The van der Waals surface area contributed by atoms with E-state index in [2.05, 4.69) is 0 Å². The topological polar surface area (TPSA) is 112 Å². The third-order valence-corrected chi connectivity index (χ3v) is 0. The van der Waals surface area contributed by atoms with Crippen LogP contribution in [0.1, 0.15) is 0 Å². The normalized spacial score (nSPS) is 3.60. The molecule has 0 aromatic rings. The molecule has 0 unspecified atom stereocenters. The standard InChI is InChI=1S/3CHO2.Y/c3*2-1-3;/h3*(H,2,3);/q3*-1;+3. The molecule has 0 saturated carbocycles. The quantitative estimate of drug-likeness (QED) is 0.447. The third-order valence-electron chi connectivity index (χ3n) is 0. The maximum atomic E-state index is 8.24. The van der Waals surface area contributed by atoms with E-state index in [9.17, 15) is 0 Å². The predicted molar refractivity (Wildman–Crippen MR) is 25.0 cm³/mol. The summed E-state index contributed by atoms with van der Waals surface area (Å²) in [5, 5.41) is 20.3. The second-order valence-electron chi connectivity index (χ2n) is 0.274. The molecule has 0 rings (SSSR count). The van der Waals surface area contributed by atoms with Gasteiger partial charge in [-0.1, -0.05) is 19.4 Å². The number of hydrogen-bond acceptors (Lipinski definition) is 3. The van der Waals surface area contributed by atoms with Gasteiger partial charge in [0.05, 0.1) is 0 Å². The molecule has 0 spiro atoms. The van der Waals surface area contributed by atoms with Crippen LogP contribution in [0.5, 0.6) is 0 Å². The molecule has 0 atom stereocenters. The molecule has 3 N–H and O–H groups in total. The molecule has 0 aliphatic carbocycles. The molecule has 7 heteroatoms. The van der Waals surface area contributed by atoms with Gasteiger partial charge in [-0.3, -0.25) is 0 Å². The fraction of sp³-hybridized carbons (Fsp3) is 0. The minimum Gasteiger partial charge on any atom is -0.665 e. The van der Waals surface area contributed by atoms with E-state index in [1.54, 1.807) is 0 Å². The SMILES string of the molecule is O=[C-]O.O=[C-]O.O=[C-]O.[Y+3]. The summed E-state index contributed by atoms with van der Waals surface area (Å²) in [5.74, 6) is 0. The second-order valence-corrected chi connectivity index (χ2v) is 0.274. The first-order valence-corrected chi connectivity index (χ1v) is 1.28. The van der Waals surface area contributed by atoms with Gasteiger partial charge < -0.3 is 29.7 Å². The summed E-state index contributed by atoms with van der Waals surface area (Å²) in [6, 6.07) is 0. The summed E-state index contributed by atoms with van der Waals surface area (Å²) in [7, 11) is 0. The molecule has 0 saturated heterocycles. The first-order valence-electron chi connectivity index (χ1n) is 1.28. The molecule has 0 aromatic heterocycles. The van der Waals surface area contributed by atoms with Crippen LogP contribution in [0, 0.1) is 0 Å². The van der Waals surface area contributed by atoms with Gasteiger partial charge in [-0.2, -0.15) is 0 Å². The smallest absolute Gasteiger partial charge is 0.665 e. The van der Waals surface area contributed by atoms with Crippen molar-refractivity contribution in [3.05, 3.63) is 0 Å². The minimum absolute atomic E-state index is 0. The van der Waals surface area contributed by atoms with Gasteiger partial charge in [0.15, 0.2) is 0 Å². The number of rotatable bonds is 0. The van der Waals surface area contributed by atoms with Gasteiger partial charge >= 0.3 is 32.7 Å². The van der Waals surface area contributed by atoms with E-state index in [1.807, 2.05) is 0 Å². The Hall–Kier alpha value is -0.486. The Morgan fingerprint density at radius 3 is 0.700 bits per heavy atom. The fourth-order valence-electron chi connectivity index (χ4n) is 0. The van der Waals surface area contributed by atoms with E-state index in [4.69, 9.17) is 29.7 Å². The molecule has 0 radical (unpaired) electrons. The van der Waals surface area contributed by atoms with Crippen LogP contribution in [-0.4, -0.2) is 34.7 Å². The van der Waals surface area contributed by atoms with Crippen LogP contribution >= 0.6 is 0 Å². The Kier molecular flexibility index (Phi) is 173. The first kappa shape index (κ1) is 22.7. The summed E-state index contributed by atoms with van der Waals surface area (Å²) in [5.41, 5.74) is 0. The Labute approximate surface area is 81.7 Å². The Morgan fingerprint density at radius 1 is 0.700 bits per heavy atom. The van der Waals surface area contributed by atoms with Crippen LogP contribution in [0.4, 0.5) is 0 Å². The summed E-state index contributed by atoms with van der Waals surface area (Å²) in [6.07, 6.45) is 0. The number of aliphatic hydroxyl groups excluding tert-OH is 3. The molecule has 0 heterocycles. The van der Waals surface area contributed by atoms with E-state index in [1.165, 1.54) is 0 Å². The van der Waals surface area contributed by atoms with Crippen molar-refractivity contribution in [1.82, 2.24) is 0 Å². The fourth-order valence-corrected chi connectivity index (χ4v) is 0. The molecule has 54 valence electrons. The van der Waals surface area contributed by atoms with Crippen molar-refractivity contribution in [3.63, 3.8) is 0 Å². The van der Waals surface area contributed by atoms with Crippen LogP contribution in [0.15, 0.2) is 0 Å². The van der Waals surface area contributed by atoms with Crippen molar-refractivity contribution in [3.8, 4) is 0 Å². The second kappa shape index (κ2) is 76.1. The van der Waals surface area contributed by atoms with Crippen molar-refractivity contribution in [2.24, 2.45) is 0 Å². The molecule has 10 heavy (non-hydrogen) atoms. The minimum atomic E-state index is 0. The summed E-state index contributed by atoms with van der Waals surface area (Å²) >= 11 is 0. The maximum absolute atomic E-state index is 8.24. The van der Waals surface area contributed by atoms with Gasteiger partial charge in [0.25, 0.3) is 0 Å². The molecule has 0 aromatic carbocycles. The molecule has 0 bridgehead atoms. The van der Waals surface area contributed by atoms with Gasteiger partial charge in [-0.15, -0.1) is 0 Å². The van der Waals surface area contributed by atoms with E-state index >= 15 is 0 Å². The van der Waals surface area contributed by atoms with Crippen LogP contribution in [0.25, 0.3) is 0 Å². The van der Waals surface area contributed by atoms with Gasteiger partial charge in [0.1, 0.15) is 0 Å².